The van der Waals surface area contributed by atoms with Crippen molar-refractivity contribution in [3.63, 3.8) is 0 Å². The number of aryl methyl sites for hydroxylation is 1. The van der Waals surface area contributed by atoms with E-state index in [9.17, 15) is 4.79 Å². The van der Waals surface area contributed by atoms with Crippen molar-refractivity contribution in [2.45, 2.75) is 19.4 Å². The van der Waals surface area contributed by atoms with Gasteiger partial charge in [0.1, 0.15) is 0 Å². The van der Waals surface area contributed by atoms with Crippen LogP contribution in [-0.2, 0) is 0 Å². The monoisotopic (exact) mass is 286 g/mol. The first-order valence-electron chi connectivity index (χ1n) is 7.38. The highest BCUT2D eigenvalue weighted by atomic mass is 16.1. The highest BCUT2D eigenvalue weighted by Crippen LogP contribution is 2.36. The van der Waals surface area contributed by atoms with Crippen molar-refractivity contribution in [3.05, 3.63) is 52.2 Å². The number of aromatic nitrogens is 2. The van der Waals surface area contributed by atoms with E-state index >= 15 is 0 Å². The zero-order valence-corrected chi connectivity index (χ0v) is 12.5. The predicted octanol–water partition coefficient (Wildman–Crippen LogP) is 1.43. The molecule has 1 fully saturated rings. The molecule has 1 aliphatic rings. The molecule has 5 nitrogen and oxygen atoms in total. The quantitative estimate of drug-likeness (QED) is 0.897. The molecule has 0 aliphatic carbocycles. The van der Waals surface area contributed by atoms with Crippen LogP contribution in [0.3, 0.4) is 0 Å². The topological polar surface area (TPSA) is 67.0 Å². The SMILES string of the molecule is Cc1c[nH]c(=O)n1-c1ccccc1C1CC(CN)CN1C. The van der Waals surface area contributed by atoms with Crippen LogP contribution in [0.15, 0.2) is 35.3 Å². The van der Waals surface area contributed by atoms with Gasteiger partial charge in [-0.15, -0.1) is 0 Å². The maximum absolute atomic E-state index is 12.1. The van der Waals surface area contributed by atoms with Gasteiger partial charge in [-0.2, -0.15) is 0 Å². The van der Waals surface area contributed by atoms with E-state index in [1.54, 1.807) is 10.8 Å². The van der Waals surface area contributed by atoms with Crippen LogP contribution in [-0.4, -0.2) is 34.6 Å². The lowest BCUT2D eigenvalue weighted by Crippen LogP contribution is -2.23. The first kappa shape index (κ1) is 14.1. The number of aromatic amines is 1. The summed E-state index contributed by atoms with van der Waals surface area (Å²) in [5.41, 5.74) is 8.83. The molecule has 21 heavy (non-hydrogen) atoms. The van der Waals surface area contributed by atoms with Gasteiger partial charge in [0.2, 0.25) is 0 Å². The highest BCUT2D eigenvalue weighted by Gasteiger charge is 2.31. The lowest BCUT2D eigenvalue weighted by atomic mass is 9.98. The fourth-order valence-corrected chi connectivity index (χ4v) is 3.37. The molecular formula is C16H22N4O. The Morgan fingerprint density at radius 1 is 1.38 bits per heavy atom. The average molecular weight is 286 g/mol. The summed E-state index contributed by atoms with van der Waals surface area (Å²) in [4.78, 5) is 17.2. The standard InChI is InChI=1S/C16H22N4O/c1-11-9-18-16(21)20(11)14-6-4-3-5-13(14)15-7-12(8-17)10-19(15)2/h3-6,9,12,15H,7-8,10,17H2,1-2H3,(H,18,21). The molecule has 1 aliphatic heterocycles. The molecule has 1 saturated heterocycles. The highest BCUT2D eigenvalue weighted by molar-refractivity contribution is 5.44. The van der Waals surface area contributed by atoms with Crippen LogP contribution < -0.4 is 11.4 Å². The number of H-pyrrole nitrogens is 1. The van der Waals surface area contributed by atoms with Crippen LogP contribution in [0.5, 0.6) is 0 Å². The molecule has 0 radical (unpaired) electrons. The summed E-state index contributed by atoms with van der Waals surface area (Å²) in [6.45, 7) is 3.67. The van der Waals surface area contributed by atoms with Crippen LogP contribution in [0.2, 0.25) is 0 Å². The van der Waals surface area contributed by atoms with E-state index in [1.807, 2.05) is 25.1 Å². The van der Waals surface area contributed by atoms with Crippen LogP contribution in [0.4, 0.5) is 0 Å². The predicted molar refractivity (Wildman–Crippen MR) is 83.7 cm³/mol. The number of likely N-dealkylation sites (tertiary alicyclic amines) is 1. The van der Waals surface area contributed by atoms with E-state index < -0.39 is 0 Å². The lowest BCUT2D eigenvalue weighted by molar-refractivity contribution is 0.313. The van der Waals surface area contributed by atoms with Gasteiger partial charge in [0.25, 0.3) is 0 Å². The van der Waals surface area contributed by atoms with E-state index in [1.165, 1.54) is 5.56 Å². The zero-order chi connectivity index (χ0) is 15.0. The van der Waals surface area contributed by atoms with Gasteiger partial charge in [-0.05, 0) is 44.5 Å². The molecule has 112 valence electrons. The molecule has 1 aromatic heterocycles. The molecule has 1 aromatic carbocycles. The summed E-state index contributed by atoms with van der Waals surface area (Å²) in [7, 11) is 2.13. The Bertz CT molecular complexity index is 688. The van der Waals surface area contributed by atoms with Crippen LogP contribution in [0.1, 0.15) is 23.7 Å². The third kappa shape index (κ3) is 2.43. The minimum absolute atomic E-state index is 0.0871. The number of nitrogens with one attached hydrogen (secondary N) is 1. The number of benzene rings is 1. The molecule has 2 aromatic rings. The zero-order valence-electron chi connectivity index (χ0n) is 12.5. The van der Waals surface area contributed by atoms with Gasteiger partial charge in [-0.25, -0.2) is 4.79 Å². The summed E-state index contributed by atoms with van der Waals surface area (Å²) in [5, 5.41) is 0. The maximum Gasteiger partial charge on any atom is 0.330 e. The minimum atomic E-state index is -0.0871. The van der Waals surface area contributed by atoms with E-state index in [0.29, 0.717) is 18.5 Å². The average Bonchev–Trinajstić information content (AvgIpc) is 3.02. The lowest BCUT2D eigenvalue weighted by Gasteiger charge is -2.22. The molecule has 2 atom stereocenters. The first-order chi connectivity index (χ1) is 10.1. The second kappa shape index (κ2) is 5.50. The summed E-state index contributed by atoms with van der Waals surface area (Å²) in [6, 6.07) is 8.47. The van der Waals surface area contributed by atoms with Gasteiger partial charge in [-0.1, -0.05) is 18.2 Å². The second-order valence-electron chi connectivity index (χ2n) is 5.92. The molecule has 5 heteroatoms. The molecule has 2 unspecified atom stereocenters. The number of nitrogens with two attached hydrogens (primary N) is 1. The van der Waals surface area contributed by atoms with Gasteiger partial charge < -0.3 is 10.7 Å². The molecule has 0 amide bonds. The van der Waals surface area contributed by atoms with E-state index in [0.717, 1.165) is 24.3 Å². The van der Waals surface area contributed by atoms with Crippen LogP contribution >= 0.6 is 0 Å². The smallest absolute Gasteiger partial charge is 0.330 e. The van der Waals surface area contributed by atoms with Crippen LogP contribution in [0, 0.1) is 12.8 Å². The van der Waals surface area contributed by atoms with Crippen molar-refractivity contribution in [3.8, 4) is 5.69 Å². The fourth-order valence-electron chi connectivity index (χ4n) is 3.37. The summed E-state index contributed by atoms with van der Waals surface area (Å²) in [6.07, 6.45) is 2.79. The van der Waals surface area contributed by atoms with E-state index in [4.69, 9.17) is 5.73 Å². The van der Waals surface area contributed by atoms with Crippen molar-refractivity contribution >= 4 is 0 Å². The number of imidazole rings is 1. The van der Waals surface area contributed by atoms with Crippen LogP contribution in [0.25, 0.3) is 5.69 Å². The molecule has 0 bridgehead atoms. The molecule has 3 rings (SSSR count). The number of para-hydroxylation sites is 1. The third-order valence-electron chi connectivity index (χ3n) is 4.47. The second-order valence-corrected chi connectivity index (χ2v) is 5.92. The van der Waals surface area contributed by atoms with Gasteiger partial charge >= 0.3 is 5.69 Å². The fraction of sp³-hybridized carbons (Fsp3) is 0.438. The Kier molecular flexibility index (Phi) is 3.69. The van der Waals surface area contributed by atoms with Crippen molar-refractivity contribution in [1.29, 1.82) is 0 Å². The van der Waals surface area contributed by atoms with Crippen molar-refractivity contribution < 1.29 is 0 Å². The maximum atomic E-state index is 12.1. The number of hydrogen-bond donors (Lipinski definition) is 2. The van der Waals surface area contributed by atoms with Crippen molar-refractivity contribution in [2.24, 2.45) is 11.7 Å². The van der Waals surface area contributed by atoms with Gasteiger partial charge in [-0.3, -0.25) is 9.47 Å². The molecule has 0 saturated carbocycles. The van der Waals surface area contributed by atoms with Gasteiger partial charge in [0.05, 0.1) is 5.69 Å². The first-order valence-corrected chi connectivity index (χ1v) is 7.38. The molecule has 0 spiro atoms. The third-order valence-corrected chi connectivity index (χ3v) is 4.47. The molecular weight excluding hydrogens is 264 g/mol. The van der Waals surface area contributed by atoms with E-state index in [2.05, 4.69) is 23.0 Å². The Labute approximate surface area is 124 Å². The normalized spacial score (nSPS) is 22.8. The Morgan fingerprint density at radius 3 is 2.76 bits per heavy atom. The largest absolute Gasteiger partial charge is 0.330 e. The Morgan fingerprint density at radius 2 is 2.14 bits per heavy atom. The van der Waals surface area contributed by atoms with Crippen molar-refractivity contribution in [1.82, 2.24) is 14.5 Å². The Hall–Kier alpha value is -1.85. The summed E-state index contributed by atoms with van der Waals surface area (Å²) in [5.74, 6) is 0.525. The summed E-state index contributed by atoms with van der Waals surface area (Å²) >= 11 is 0. The van der Waals surface area contributed by atoms with Crippen molar-refractivity contribution in [2.75, 3.05) is 20.1 Å². The number of hydrogen-bond acceptors (Lipinski definition) is 3. The molecule has 2 heterocycles. The number of nitrogens with zero attached hydrogens (tertiary/aromatic N) is 2. The van der Waals surface area contributed by atoms with Gasteiger partial charge in [0, 0.05) is 24.5 Å². The molecule has 3 N–H and O–H groups in total. The minimum Gasteiger partial charge on any atom is -0.330 e. The number of rotatable bonds is 3. The van der Waals surface area contributed by atoms with E-state index in [-0.39, 0.29) is 5.69 Å². The van der Waals surface area contributed by atoms with Gasteiger partial charge in [0.15, 0.2) is 0 Å². The summed E-state index contributed by atoms with van der Waals surface area (Å²) < 4.78 is 1.75. The Balaban J connectivity index is 2.07.